The van der Waals surface area contributed by atoms with Crippen molar-refractivity contribution < 1.29 is 14.6 Å². The van der Waals surface area contributed by atoms with Gasteiger partial charge in [0.15, 0.2) is 6.61 Å². The first-order chi connectivity index (χ1) is 10.1. The Kier molecular flexibility index (Phi) is 4.95. The van der Waals surface area contributed by atoms with Gasteiger partial charge in [0.25, 0.3) is 5.91 Å². The predicted octanol–water partition coefficient (Wildman–Crippen LogP) is 2.09. The first kappa shape index (κ1) is 15.1. The molecule has 1 atom stereocenters. The maximum absolute atomic E-state index is 11.7. The molecule has 4 heteroatoms. The van der Waals surface area contributed by atoms with Gasteiger partial charge in [-0.05, 0) is 24.6 Å². The van der Waals surface area contributed by atoms with Gasteiger partial charge in [-0.3, -0.25) is 4.79 Å². The summed E-state index contributed by atoms with van der Waals surface area (Å²) in [5.41, 5.74) is -0.349. The number of hydrogen-bond acceptors (Lipinski definition) is 3. The number of ether oxygens (including phenoxy) is 1. The van der Waals surface area contributed by atoms with E-state index in [0.29, 0.717) is 5.75 Å². The van der Waals surface area contributed by atoms with Crippen molar-refractivity contribution in [2.45, 2.75) is 12.5 Å². The highest BCUT2D eigenvalue weighted by atomic mass is 16.5. The Morgan fingerprint density at radius 3 is 2.29 bits per heavy atom. The van der Waals surface area contributed by atoms with E-state index in [-0.39, 0.29) is 19.1 Å². The van der Waals surface area contributed by atoms with E-state index < -0.39 is 5.60 Å². The van der Waals surface area contributed by atoms with Crippen molar-refractivity contribution in [3.8, 4) is 5.75 Å². The zero-order valence-corrected chi connectivity index (χ0v) is 12.0. The van der Waals surface area contributed by atoms with E-state index in [0.717, 1.165) is 5.56 Å². The molecule has 2 N–H and O–H groups in total. The van der Waals surface area contributed by atoms with Crippen molar-refractivity contribution >= 4 is 5.91 Å². The molecule has 0 aromatic heterocycles. The molecule has 0 radical (unpaired) electrons. The Balaban J connectivity index is 1.81. The van der Waals surface area contributed by atoms with Crippen molar-refractivity contribution in [1.29, 1.82) is 0 Å². The van der Waals surface area contributed by atoms with E-state index in [1.807, 2.05) is 48.5 Å². The van der Waals surface area contributed by atoms with Crippen molar-refractivity contribution in [1.82, 2.24) is 5.32 Å². The second-order valence-corrected chi connectivity index (χ2v) is 5.02. The summed E-state index contributed by atoms with van der Waals surface area (Å²) in [6.45, 7) is 1.73. The highest BCUT2D eigenvalue weighted by Crippen LogP contribution is 2.18. The molecule has 4 nitrogen and oxygen atoms in total. The molecule has 0 aliphatic heterocycles. The molecule has 2 aromatic rings. The molecule has 110 valence electrons. The summed E-state index contributed by atoms with van der Waals surface area (Å²) in [6, 6.07) is 18.4. The maximum atomic E-state index is 11.7. The average molecular weight is 285 g/mol. The molecule has 0 saturated heterocycles. The molecular weight excluding hydrogens is 266 g/mol. The van der Waals surface area contributed by atoms with Crippen LogP contribution in [0.1, 0.15) is 12.5 Å². The third kappa shape index (κ3) is 4.61. The summed E-state index contributed by atoms with van der Waals surface area (Å²) in [5, 5.41) is 13.0. The number of benzene rings is 2. The fourth-order valence-electron chi connectivity index (χ4n) is 1.89. The van der Waals surface area contributed by atoms with Gasteiger partial charge in [-0.25, -0.2) is 0 Å². The normalized spacial score (nSPS) is 13.2. The van der Waals surface area contributed by atoms with Gasteiger partial charge >= 0.3 is 0 Å². The number of rotatable bonds is 6. The Morgan fingerprint density at radius 2 is 1.67 bits per heavy atom. The highest BCUT2D eigenvalue weighted by molar-refractivity contribution is 5.77. The standard InChI is InChI=1S/C17H19NO3/c1-17(20,14-8-4-2-5-9-14)13-18-16(19)12-21-15-10-6-3-7-11-15/h2-11,20H,12-13H2,1H3,(H,18,19). The Hall–Kier alpha value is -2.33. The molecule has 0 aliphatic rings. The van der Waals surface area contributed by atoms with Crippen molar-refractivity contribution in [2.24, 2.45) is 0 Å². The second-order valence-electron chi connectivity index (χ2n) is 5.02. The molecule has 0 bridgehead atoms. The number of aliphatic hydroxyl groups is 1. The summed E-state index contributed by atoms with van der Waals surface area (Å²) in [4.78, 5) is 11.7. The molecule has 1 unspecified atom stereocenters. The summed E-state index contributed by atoms with van der Waals surface area (Å²) in [6.07, 6.45) is 0. The van der Waals surface area contributed by atoms with Gasteiger partial charge < -0.3 is 15.2 Å². The molecule has 2 aromatic carbocycles. The number of carbonyl (C=O) groups is 1. The fourth-order valence-corrected chi connectivity index (χ4v) is 1.89. The van der Waals surface area contributed by atoms with Crippen LogP contribution >= 0.6 is 0 Å². The fraction of sp³-hybridized carbons (Fsp3) is 0.235. The number of amides is 1. The zero-order valence-electron chi connectivity index (χ0n) is 12.0. The maximum Gasteiger partial charge on any atom is 0.258 e. The molecule has 21 heavy (non-hydrogen) atoms. The summed E-state index contributed by atoms with van der Waals surface area (Å²) < 4.78 is 5.35. The summed E-state index contributed by atoms with van der Waals surface area (Å²) >= 11 is 0. The smallest absolute Gasteiger partial charge is 0.258 e. The molecule has 0 aliphatic carbocycles. The Bertz CT molecular complexity index is 567. The minimum absolute atomic E-state index is 0.0745. The first-order valence-electron chi connectivity index (χ1n) is 6.80. The molecule has 2 rings (SSSR count). The van der Waals surface area contributed by atoms with Crippen LogP contribution in [-0.4, -0.2) is 24.2 Å². The number of hydrogen-bond donors (Lipinski definition) is 2. The Labute approximate surface area is 124 Å². The average Bonchev–Trinajstić information content (AvgIpc) is 2.53. The van der Waals surface area contributed by atoms with Crippen LogP contribution < -0.4 is 10.1 Å². The minimum atomic E-state index is -1.11. The predicted molar refractivity (Wildman–Crippen MR) is 81.0 cm³/mol. The van der Waals surface area contributed by atoms with Crippen LogP contribution in [-0.2, 0) is 10.4 Å². The van der Waals surface area contributed by atoms with Gasteiger partial charge in [0.05, 0.1) is 6.54 Å². The largest absolute Gasteiger partial charge is 0.484 e. The summed E-state index contributed by atoms with van der Waals surface area (Å²) in [5.74, 6) is 0.373. The van der Waals surface area contributed by atoms with Gasteiger partial charge in [-0.1, -0.05) is 48.5 Å². The van der Waals surface area contributed by atoms with Crippen LogP contribution in [0.5, 0.6) is 5.75 Å². The van der Waals surface area contributed by atoms with Crippen molar-refractivity contribution in [3.63, 3.8) is 0 Å². The molecule has 0 fully saturated rings. The lowest BCUT2D eigenvalue weighted by atomic mass is 9.96. The van der Waals surface area contributed by atoms with Crippen molar-refractivity contribution in [2.75, 3.05) is 13.2 Å². The van der Waals surface area contributed by atoms with E-state index in [9.17, 15) is 9.90 Å². The topological polar surface area (TPSA) is 58.6 Å². The van der Waals surface area contributed by atoms with Gasteiger partial charge in [0.1, 0.15) is 11.4 Å². The van der Waals surface area contributed by atoms with Crippen LogP contribution in [0.25, 0.3) is 0 Å². The van der Waals surface area contributed by atoms with Gasteiger partial charge in [-0.2, -0.15) is 0 Å². The number of nitrogens with one attached hydrogen (secondary N) is 1. The van der Waals surface area contributed by atoms with Crippen molar-refractivity contribution in [3.05, 3.63) is 66.2 Å². The van der Waals surface area contributed by atoms with Crippen LogP contribution in [0.3, 0.4) is 0 Å². The van der Waals surface area contributed by atoms with Crippen LogP contribution in [0.15, 0.2) is 60.7 Å². The molecule has 1 amide bonds. The van der Waals surface area contributed by atoms with Crippen LogP contribution in [0.4, 0.5) is 0 Å². The van der Waals surface area contributed by atoms with E-state index in [1.54, 1.807) is 19.1 Å². The lowest BCUT2D eigenvalue weighted by Gasteiger charge is -2.24. The molecular formula is C17H19NO3. The third-order valence-electron chi connectivity index (χ3n) is 3.14. The lowest BCUT2D eigenvalue weighted by Crippen LogP contribution is -2.40. The quantitative estimate of drug-likeness (QED) is 0.854. The third-order valence-corrected chi connectivity index (χ3v) is 3.14. The summed E-state index contributed by atoms with van der Waals surface area (Å²) in [7, 11) is 0. The van der Waals surface area contributed by atoms with E-state index in [2.05, 4.69) is 5.32 Å². The minimum Gasteiger partial charge on any atom is -0.484 e. The van der Waals surface area contributed by atoms with Gasteiger partial charge in [0.2, 0.25) is 0 Å². The SMILES string of the molecule is CC(O)(CNC(=O)COc1ccccc1)c1ccccc1. The first-order valence-corrected chi connectivity index (χ1v) is 6.80. The monoisotopic (exact) mass is 285 g/mol. The number of para-hydroxylation sites is 1. The van der Waals surface area contributed by atoms with Crippen LogP contribution in [0, 0.1) is 0 Å². The Morgan fingerprint density at radius 1 is 1.10 bits per heavy atom. The lowest BCUT2D eigenvalue weighted by molar-refractivity contribution is -0.124. The van der Waals surface area contributed by atoms with E-state index in [1.165, 1.54) is 0 Å². The van der Waals surface area contributed by atoms with E-state index >= 15 is 0 Å². The molecule has 0 saturated carbocycles. The number of carbonyl (C=O) groups excluding carboxylic acids is 1. The molecule has 0 spiro atoms. The van der Waals surface area contributed by atoms with E-state index in [4.69, 9.17) is 4.74 Å². The van der Waals surface area contributed by atoms with Gasteiger partial charge in [0, 0.05) is 0 Å². The van der Waals surface area contributed by atoms with Gasteiger partial charge in [-0.15, -0.1) is 0 Å². The second kappa shape index (κ2) is 6.90. The zero-order chi connectivity index (χ0) is 15.1. The highest BCUT2D eigenvalue weighted by Gasteiger charge is 2.23. The van der Waals surface area contributed by atoms with Crippen LogP contribution in [0.2, 0.25) is 0 Å². The molecule has 0 heterocycles.